The Hall–Kier alpha value is -0.380. The largest absolute Gasteiger partial charge is 0.505 e. The number of hydrogen-bond acceptors (Lipinski definition) is 2. The van der Waals surface area contributed by atoms with Gasteiger partial charge in [-0.05, 0) is 19.1 Å². The summed E-state index contributed by atoms with van der Waals surface area (Å²) in [5, 5.41) is 9.01. The molecule has 1 aromatic carbocycles. The van der Waals surface area contributed by atoms with Crippen LogP contribution in [0.3, 0.4) is 0 Å². The number of rotatable bonds is 0. The Morgan fingerprint density at radius 3 is 1.63 bits per heavy atom. The molecule has 102 valence electrons. The van der Waals surface area contributed by atoms with Gasteiger partial charge in [0.05, 0.1) is 15.1 Å². The van der Waals surface area contributed by atoms with Gasteiger partial charge in [-0.25, -0.2) is 0 Å². The fraction of sp³-hybridized carbons (Fsp3) is 0.0833. The lowest BCUT2D eigenvalue weighted by Crippen LogP contribution is -1.78. The fourth-order valence-corrected chi connectivity index (χ4v) is 2.17. The minimum atomic E-state index is -0.363. The van der Waals surface area contributed by atoms with Crippen molar-refractivity contribution in [2.24, 2.45) is 0 Å². The van der Waals surface area contributed by atoms with Crippen LogP contribution in [0.4, 0.5) is 0 Å². The van der Waals surface area contributed by atoms with E-state index in [2.05, 4.69) is 4.98 Å². The van der Waals surface area contributed by atoms with E-state index >= 15 is 0 Å². The van der Waals surface area contributed by atoms with Crippen LogP contribution >= 0.6 is 58.0 Å². The van der Waals surface area contributed by atoms with E-state index in [0.717, 1.165) is 5.69 Å². The van der Waals surface area contributed by atoms with Crippen molar-refractivity contribution in [3.63, 3.8) is 0 Å². The Balaban J connectivity index is 0.000000218. The minimum absolute atomic E-state index is 0.00904. The van der Waals surface area contributed by atoms with Crippen molar-refractivity contribution >= 4 is 58.0 Å². The van der Waals surface area contributed by atoms with Crippen LogP contribution in [0.25, 0.3) is 0 Å². The number of aromatic nitrogens is 1. The van der Waals surface area contributed by atoms with Crippen LogP contribution in [-0.2, 0) is 0 Å². The van der Waals surface area contributed by atoms with Crippen molar-refractivity contribution in [2.45, 2.75) is 6.92 Å². The topological polar surface area (TPSA) is 33.1 Å². The van der Waals surface area contributed by atoms with Gasteiger partial charge in [0, 0.05) is 11.9 Å². The molecule has 0 saturated carbocycles. The van der Waals surface area contributed by atoms with E-state index in [9.17, 15) is 5.11 Å². The summed E-state index contributed by atoms with van der Waals surface area (Å²) in [6, 6.07) is 5.86. The molecule has 0 aliphatic rings. The van der Waals surface area contributed by atoms with Gasteiger partial charge in [0.2, 0.25) is 0 Å². The molecule has 0 saturated heterocycles. The number of benzene rings is 1. The molecule has 0 bridgehead atoms. The predicted octanol–water partition coefficient (Wildman–Crippen LogP) is 6.05. The second kappa shape index (κ2) is 7.41. The van der Waals surface area contributed by atoms with E-state index in [0.29, 0.717) is 0 Å². The second-order valence-electron chi connectivity index (χ2n) is 3.39. The molecule has 0 atom stereocenters. The van der Waals surface area contributed by atoms with Gasteiger partial charge < -0.3 is 5.11 Å². The first-order valence-electron chi connectivity index (χ1n) is 4.94. The van der Waals surface area contributed by atoms with Gasteiger partial charge in [0.1, 0.15) is 10.0 Å². The van der Waals surface area contributed by atoms with Gasteiger partial charge in [-0.15, -0.1) is 0 Å². The predicted molar refractivity (Wildman–Crippen MR) is 82.1 cm³/mol. The monoisotopic (exact) mass is 357 g/mol. The van der Waals surface area contributed by atoms with Gasteiger partial charge in [-0.2, -0.15) is 0 Å². The second-order valence-corrected chi connectivity index (χ2v) is 5.28. The SMILES string of the molecule is Cc1ccccn1.Oc1c(Cl)c(Cl)c(Cl)c(Cl)c1Cl. The molecule has 1 N–H and O–H groups in total. The quantitative estimate of drug-likeness (QED) is 0.459. The van der Waals surface area contributed by atoms with Crippen LogP contribution in [0.5, 0.6) is 5.75 Å². The highest BCUT2D eigenvalue weighted by Crippen LogP contribution is 2.47. The number of phenolic OH excluding ortho intramolecular Hbond substituents is 1. The summed E-state index contributed by atoms with van der Waals surface area (Å²) < 4.78 is 0. The maximum atomic E-state index is 9.20. The summed E-state index contributed by atoms with van der Waals surface area (Å²) in [5.74, 6) is -0.363. The zero-order chi connectivity index (χ0) is 14.6. The number of hydrogen-bond donors (Lipinski definition) is 1. The maximum Gasteiger partial charge on any atom is 0.155 e. The standard InChI is InChI=1S/C6HCl5O.C6H7N/c7-1-2(8)4(10)6(12)5(11)3(1)9;1-6-4-2-3-5-7-6/h12H;2-5H,1H3. The first-order valence-corrected chi connectivity index (χ1v) is 6.83. The van der Waals surface area contributed by atoms with Crippen molar-refractivity contribution in [2.75, 3.05) is 0 Å². The molecule has 0 radical (unpaired) electrons. The maximum absolute atomic E-state index is 9.20. The molecule has 0 unspecified atom stereocenters. The van der Waals surface area contributed by atoms with E-state index in [-0.39, 0.29) is 30.9 Å². The Bertz CT molecular complexity index is 469. The smallest absolute Gasteiger partial charge is 0.155 e. The van der Waals surface area contributed by atoms with Crippen LogP contribution in [0.1, 0.15) is 5.69 Å². The van der Waals surface area contributed by atoms with E-state index < -0.39 is 0 Å². The highest BCUT2D eigenvalue weighted by molar-refractivity contribution is 6.55. The lowest BCUT2D eigenvalue weighted by Gasteiger charge is -2.06. The van der Waals surface area contributed by atoms with Gasteiger partial charge in [0.15, 0.2) is 5.75 Å². The molecule has 2 aromatic rings. The summed E-state index contributed by atoms with van der Waals surface area (Å²) in [6.07, 6.45) is 1.79. The molecule has 0 spiro atoms. The summed E-state index contributed by atoms with van der Waals surface area (Å²) >= 11 is 27.9. The number of aromatic hydroxyl groups is 1. The first kappa shape index (κ1) is 16.7. The van der Waals surface area contributed by atoms with Crippen LogP contribution in [0.15, 0.2) is 24.4 Å². The lowest BCUT2D eigenvalue weighted by molar-refractivity contribution is 0.476. The molecular weight excluding hydrogens is 351 g/mol. The van der Waals surface area contributed by atoms with Crippen LogP contribution in [-0.4, -0.2) is 10.1 Å². The van der Waals surface area contributed by atoms with Gasteiger partial charge >= 0.3 is 0 Å². The zero-order valence-corrected chi connectivity index (χ0v) is 13.4. The van der Waals surface area contributed by atoms with Crippen LogP contribution < -0.4 is 0 Å². The van der Waals surface area contributed by atoms with Crippen molar-refractivity contribution in [1.82, 2.24) is 4.98 Å². The van der Waals surface area contributed by atoms with E-state index in [4.69, 9.17) is 58.0 Å². The van der Waals surface area contributed by atoms with Crippen molar-refractivity contribution < 1.29 is 5.11 Å². The van der Waals surface area contributed by atoms with Gasteiger partial charge in [-0.1, -0.05) is 64.1 Å². The third-order valence-electron chi connectivity index (χ3n) is 2.00. The molecule has 0 fully saturated rings. The molecule has 0 amide bonds. The van der Waals surface area contributed by atoms with Crippen LogP contribution in [0.2, 0.25) is 25.1 Å². The lowest BCUT2D eigenvalue weighted by atomic mass is 10.3. The summed E-state index contributed by atoms with van der Waals surface area (Å²) in [5.41, 5.74) is 1.07. The van der Waals surface area contributed by atoms with E-state index in [1.165, 1.54) is 0 Å². The molecule has 1 aromatic heterocycles. The number of pyridine rings is 1. The summed E-state index contributed by atoms with van der Waals surface area (Å²) in [7, 11) is 0. The Labute approximate surface area is 135 Å². The zero-order valence-electron chi connectivity index (χ0n) is 9.59. The van der Waals surface area contributed by atoms with Crippen molar-refractivity contribution in [3.05, 3.63) is 55.2 Å². The van der Waals surface area contributed by atoms with Gasteiger partial charge in [0.25, 0.3) is 0 Å². The normalized spacial score (nSPS) is 9.79. The molecule has 19 heavy (non-hydrogen) atoms. The highest BCUT2D eigenvalue weighted by Gasteiger charge is 2.18. The Morgan fingerprint density at radius 1 is 0.842 bits per heavy atom. The third kappa shape index (κ3) is 4.30. The average Bonchev–Trinajstić information content (AvgIpc) is 2.42. The fourth-order valence-electron chi connectivity index (χ4n) is 1.04. The van der Waals surface area contributed by atoms with Crippen molar-refractivity contribution in [1.29, 1.82) is 0 Å². The Morgan fingerprint density at radius 2 is 1.32 bits per heavy atom. The molecule has 0 aliphatic heterocycles. The molecular formula is C12H8Cl5NO. The van der Waals surface area contributed by atoms with Crippen LogP contribution in [0, 0.1) is 6.92 Å². The molecule has 1 heterocycles. The number of halogens is 5. The number of nitrogens with zero attached hydrogens (tertiary/aromatic N) is 1. The third-order valence-corrected chi connectivity index (χ3v) is 4.26. The molecule has 2 nitrogen and oxygen atoms in total. The molecule has 7 heteroatoms. The summed E-state index contributed by atoms with van der Waals surface area (Å²) in [6.45, 7) is 1.97. The molecule has 0 aliphatic carbocycles. The summed E-state index contributed by atoms with van der Waals surface area (Å²) in [4.78, 5) is 3.98. The van der Waals surface area contributed by atoms with Gasteiger partial charge in [-0.3, -0.25) is 4.98 Å². The minimum Gasteiger partial charge on any atom is -0.505 e. The van der Waals surface area contributed by atoms with Crippen molar-refractivity contribution in [3.8, 4) is 5.75 Å². The number of aryl methyl sites for hydroxylation is 1. The first-order chi connectivity index (χ1) is 8.86. The number of phenols is 1. The highest BCUT2D eigenvalue weighted by atomic mass is 35.5. The molecule has 2 rings (SSSR count). The van der Waals surface area contributed by atoms with E-state index in [1.54, 1.807) is 6.20 Å². The van der Waals surface area contributed by atoms with E-state index in [1.807, 2.05) is 25.1 Å². The Kier molecular flexibility index (Phi) is 6.51. The average molecular weight is 359 g/mol.